The van der Waals surface area contributed by atoms with Crippen LogP contribution in [0.15, 0.2) is 42.7 Å². The number of aromatic nitrogens is 1. The maximum atomic E-state index is 12.1. The summed E-state index contributed by atoms with van der Waals surface area (Å²) in [7, 11) is 0. The molecular weight excluding hydrogens is 328 g/mol. The highest BCUT2D eigenvalue weighted by Gasteiger charge is 2.14. The number of urea groups is 1. The number of rotatable bonds is 7. The second-order valence-electron chi connectivity index (χ2n) is 6.22. The van der Waals surface area contributed by atoms with E-state index >= 15 is 0 Å². The van der Waals surface area contributed by atoms with Crippen molar-refractivity contribution in [3.8, 4) is 0 Å². The first-order valence-corrected chi connectivity index (χ1v) is 8.81. The standard InChI is InChI=1S/C20H26N4O2/c1-4-18(17-8-7-14(2)12-15(17)3)24-20(26)23-11-10-22-19(25)16-6-5-9-21-13-16/h5-9,12-13,18H,4,10-11H2,1-3H3,(H,22,25)(H2,23,24,26)/t18-/m0/s1. The molecule has 6 nitrogen and oxygen atoms in total. The number of carbonyl (C=O) groups is 2. The number of aryl methyl sites for hydroxylation is 2. The molecule has 1 heterocycles. The molecule has 26 heavy (non-hydrogen) atoms. The van der Waals surface area contributed by atoms with Gasteiger partial charge in [-0.05, 0) is 43.5 Å². The van der Waals surface area contributed by atoms with Crippen molar-refractivity contribution < 1.29 is 9.59 Å². The molecule has 1 aromatic heterocycles. The van der Waals surface area contributed by atoms with Crippen LogP contribution in [0.5, 0.6) is 0 Å². The van der Waals surface area contributed by atoms with Crippen LogP contribution in [0.25, 0.3) is 0 Å². The zero-order valence-corrected chi connectivity index (χ0v) is 15.5. The van der Waals surface area contributed by atoms with Crippen LogP contribution < -0.4 is 16.0 Å². The Balaban J connectivity index is 1.77. The van der Waals surface area contributed by atoms with Gasteiger partial charge in [0, 0.05) is 25.5 Å². The molecule has 0 unspecified atom stereocenters. The SMILES string of the molecule is CC[C@H](NC(=O)NCCNC(=O)c1cccnc1)c1ccc(C)cc1C. The zero-order chi connectivity index (χ0) is 18.9. The lowest BCUT2D eigenvalue weighted by atomic mass is 9.98. The Morgan fingerprint density at radius 3 is 2.54 bits per heavy atom. The molecule has 0 spiro atoms. The molecule has 3 N–H and O–H groups in total. The first-order valence-electron chi connectivity index (χ1n) is 8.81. The second kappa shape index (κ2) is 9.56. The molecule has 6 heteroatoms. The van der Waals surface area contributed by atoms with Crippen LogP contribution >= 0.6 is 0 Å². The van der Waals surface area contributed by atoms with Gasteiger partial charge in [-0.2, -0.15) is 0 Å². The lowest BCUT2D eigenvalue weighted by Crippen LogP contribution is -2.41. The van der Waals surface area contributed by atoms with Gasteiger partial charge in [-0.15, -0.1) is 0 Å². The van der Waals surface area contributed by atoms with Crippen molar-refractivity contribution in [1.29, 1.82) is 0 Å². The molecule has 2 rings (SSSR count). The summed E-state index contributed by atoms with van der Waals surface area (Å²) < 4.78 is 0. The van der Waals surface area contributed by atoms with E-state index < -0.39 is 0 Å². The molecule has 0 radical (unpaired) electrons. The third kappa shape index (κ3) is 5.58. The predicted octanol–water partition coefficient (Wildman–Crippen LogP) is 2.88. The van der Waals surface area contributed by atoms with Gasteiger partial charge in [0.1, 0.15) is 0 Å². The summed E-state index contributed by atoms with van der Waals surface area (Å²) in [6.45, 7) is 6.84. The molecule has 3 amide bonds. The number of benzene rings is 1. The van der Waals surface area contributed by atoms with Crippen LogP contribution in [0.2, 0.25) is 0 Å². The summed E-state index contributed by atoms with van der Waals surface area (Å²) in [5.74, 6) is -0.206. The first kappa shape index (κ1) is 19.4. The Bertz CT molecular complexity index is 747. The lowest BCUT2D eigenvalue weighted by molar-refractivity contribution is 0.0953. The first-order chi connectivity index (χ1) is 12.5. The van der Waals surface area contributed by atoms with E-state index in [0.717, 1.165) is 12.0 Å². The number of nitrogens with zero attached hydrogens (tertiary/aromatic N) is 1. The van der Waals surface area contributed by atoms with Crippen LogP contribution in [-0.2, 0) is 0 Å². The summed E-state index contributed by atoms with van der Waals surface area (Å²) in [4.78, 5) is 27.9. The molecule has 0 saturated heterocycles. The highest BCUT2D eigenvalue weighted by Crippen LogP contribution is 2.21. The minimum Gasteiger partial charge on any atom is -0.350 e. The van der Waals surface area contributed by atoms with E-state index in [0.29, 0.717) is 18.7 Å². The van der Waals surface area contributed by atoms with Gasteiger partial charge in [0.2, 0.25) is 0 Å². The topological polar surface area (TPSA) is 83.1 Å². The molecule has 0 bridgehead atoms. The van der Waals surface area contributed by atoms with Gasteiger partial charge < -0.3 is 16.0 Å². The van der Waals surface area contributed by atoms with Crippen LogP contribution in [0, 0.1) is 13.8 Å². The third-order valence-electron chi connectivity index (χ3n) is 4.13. The van der Waals surface area contributed by atoms with Crippen LogP contribution in [-0.4, -0.2) is 30.0 Å². The van der Waals surface area contributed by atoms with Crippen LogP contribution in [0.4, 0.5) is 4.79 Å². The highest BCUT2D eigenvalue weighted by atomic mass is 16.2. The van der Waals surface area contributed by atoms with Crippen molar-refractivity contribution in [2.45, 2.75) is 33.2 Å². The van der Waals surface area contributed by atoms with Gasteiger partial charge in [-0.1, -0.05) is 30.7 Å². The Hall–Kier alpha value is -2.89. The largest absolute Gasteiger partial charge is 0.350 e. The van der Waals surface area contributed by atoms with E-state index in [2.05, 4.69) is 53.0 Å². The molecule has 0 aliphatic heterocycles. The summed E-state index contributed by atoms with van der Waals surface area (Å²) in [6, 6.07) is 9.35. The normalized spacial score (nSPS) is 11.5. The molecule has 1 aromatic carbocycles. The van der Waals surface area contributed by atoms with E-state index in [1.54, 1.807) is 18.3 Å². The number of nitrogens with one attached hydrogen (secondary N) is 3. The quantitative estimate of drug-likeness (QED) is 0.669. The molecule has 0 aliphatic rings. The maximum Gasteiger partial charge on any atom is 0.315 e. The van der Waals surface area contributed by atoms with E-state index in [4.69, 9.17) is 0 Å². The zero-order valence-electron chi connectivity index (χ0n) is 15.5. The van der Waals surface area contributed by atoms with Gasteiger partial charge in [0.05, 0.1) is 11.6 Å². The predicted molar refractivity (Wildman–Crippen MR) is 102 cm³/mol. The minimum absolute atomic E-state index is 0.0411. The molecule has 2 aromatic rings. The van der Waals surface area contributed by atoms with E-state index in [1.165, 1.54) is 17.3 Å². The van der Waals surface area contributed by atoms with Gasteiger partial charge in [-0.25, -0.2) is 4.79 Å². The highest BCUT2D eigenvalue weighted by molar-refractivity contribution is 5.93. The summed E-state index contributed by atoms with van der Waals surface area (Å²) >= 11 is 0. The van der Waals surface area contributed by atoms with Gasteiger partial charge in [-0.3, -0.25) is 9.78 Å². The number of amides is 3. The summed E-state index contributed by atoms with van der Waals surface area (Å²) in [6.07, 6.45) is 3.92. The number of carbonyl (C=O) groups excluding carboxylic acids is 2. The van der Waals surface area contributed by atoms with Gasteiger partial charge in [0.25, 0.3) is 5.91 Å². The monoisotopic (exact) mass is 354 g/mol. The van der Waals surface area contributed by atoms with Crippen LogP contribution in [0.3, 0.4) is 0 Å². The Morgan fingerprint density at radius 1 is 1.12 bits per heavy atom. The average molecular weight is 354 g/mol. The van der Waals surface area contributed by atoms with Crippen molar-refractivity contribution in [1.82, 2.24) is 20.9 Å². The van der Waals surface area contributed by atoms with Crippen molar-refractivity contribution >= 4 is 11.9 Å². The smallest absolute Gasteiger partial charge is 0.315 e. The second-order valence-corrected chi connectivity index (χ2v) is 6.22. The molecule has 1 atom stereocenters. The molecular formula is C20H26N4O2. The molecule has 0 aliphatic carbocycles. The molecule has 138 valence electrons. The third-order valence-corrected chi connectivity index (χ3v) is 4.13. The van der Waals surface area contributed by atoms with E-state index in [1.807, 2.05) is 6.92 Å². The average Bonchev–Trinajstić information content (AvgIpc) is 2.64. The van der Waals surface area contributed by atoms with Crippen molar-refractivity contribution in [3.05, 3.63) is 65.0 Å². The minimum atomic E-state index is -0.243. The summed E-state index contributed by atoms with van der Waals surface area (Å²) in [5, 5.41) is 8.51. The fourth-order valence-corrected chi connectivity index (χ4v) is 2.78. The Morgan fingerprint density at radius 2 is 1.88 bits per heavy atom. The van der Waals surface area contributed by atoms with E-state index in [9.17, 15) is 9.59 Å². The van der Waals surface area contributed by atoms with Crippen molar-refractivity contribution in [2.75, 3.05) is 13.1 Å². The number of pyridine rings is 1. The van der Waals surface area contributed by atoms with E-state index in [-0.39, 0.29) is 18.0 Å². The van der Waals surface area contributed by atoms with Crippen molar-refractivity contribution in [2.24, 2.45) is 0 Å². The van der Waals surface area contributed by atoms with Gasteiger partial charge >= 0.3 is 6.03 Å². The number of hydrogen-bond donors (Lipinski definition) is 3. The Labute approximate surface area is 154 Å². The van der Waals surface area contributed by atoms with Crippen molar-refractivity contribution in [3.63, 3.8) is 0 Å². The Kier molecular flexibility index (Phi) is 7.14. The molecule has 0 saturated carbocycles. The fraction of sp³-hybridized carbons (Fsp3) is 0.350. The summed E-state index contributed by atoms with van der Waals surface area (Å²) in [5.41, 5.74) is 3.99. The molecule has 0 fully saturated rings. The number of hydrogen-bond acceptors (Lipinski definition) is 3. The maximum absolute atomic E-state index is 12.1. The van der Waals surface area contributed by atoms with Crippen LogP contribution in [0.1, 0.15) is 46.4 Å². The lowest BCUT2D eigenvalue weighted by Gasteiger charge is -2.20. The fourth-order valence-electron chi connectivity index (χ4n) is 2.78. The van der Waals surface area contributed by atoms with Gasteiger partial charge in [0.15, 0.2) is 0 Å².